The Morgan fingerprint density at radius 1 is 1.70 bits per heavy atom. The molecule has 0 saturated heterocycles. The van der Waals surface area contributed by atoms with Gasteiger partial charge in [0, 0.05) is 11.8 Å². The summed E-state index contributed by atoms with van der Waals surface area (Å²) in [6.45, 7) is 0. The fourth-order valence-corrected chi connectivity index (χ4v) is 0.926. The van der Waals surface area contributed by atoms with Crippen molar-refractivity contribution >= 4 is 21.6 Å². The molecule has 0 spiro atoms. The highest BCUT2D eigenvalue weighted by atomic mass is 79.9. The Labute approximate surface area is 72.3 Å². The third kappa shape index (κ3) is 1.42. The van der Waals surface area contributed by atoms with E-state index in [0.717, 1.165) is 0 Å². The smallest absolute Gasteiger partial charge is 0.135 e. The number of anilines is 1. The monoisotopic (exact) mass is 204 g/mol. The summed E-state index contributed by atoms with van der Waals surface area (Å²) in [4.78, 5) is 0. The van der Waals surface area contributed by atoms with Crippen molar-refractivity contribution in [1.82, 2.24) is 0 Å². The van der Waals surface area contributed by atoms with E-state index in [0.29, 0.717) is 10.2 Å². The molecule has 0 fully saturated rings. The second-order valence-corrected chi connectivity index (χ2v) is 2.65. The molecule has 0 atom stereocenters. The molecule has 54 valence electrons. The van der Waals surface area contributed by atoms with E-state index in [1.165, 1.54) is 6.07 Å². The van der Waals surface area contributed by atoms with Crippen LogP contribution in [-0.4, -0.2) is 7.04 Å². The lowest BCUT2D eigenvalue weighted by molar-refractivity contribution is 0.412. The molecule has 10 heavy (non-hydrogen) atoms. The molecule has 0 heterocycles. The zero-order valence-electron chi connectivity index (χ0n) is 8.10. The number of methoxy groups -OCH3 is 1. The normalized spacial score (nSPS) is 15.1. The summed E-state index contributed by atoms with van der Waals surface area (Å²) in [6.07, 6.45) is 0. The summed E-state index contributed by atoms with van der Waals surface area (Å²) in [6, 6.07) is 4.74. The van der Waals surface area contributed by atoms with E-state index in [4.69, 9.17) is 9.85 Å². The maximum atomic E-state index is 6.89. The standard InChI is InChI=1S/C7H8BrNO/c1-10-7-4-5(9)2-3-6(7)8/h2-4H,9H2,1H3/i1D3. The maximum absolute atomic E-state index is 6.89. The second-order valence-electron chi connectivity index (χ2n) is 1.79. The van der Waals surface area contributed by atoms with Crippen LogP contribution >= 0.6 is 15.9 Å². The fourth-order valence-electron chi connectivity index (χ4n) is 0.598. The molecule has 0 aliphatic carbocycles. The van der Waals surface area contributed by atoms with Gasteiger partial charge in [0.2, 0.25) is 0 Å². The van der Waals surface area contributed by atoms with Gasteiger partial charge < -0.3 is 10.5 Å². The van der Waals surface area contributed by atoms with Crippen LogP contribution in [0.1, 0.15) is 4.11 Å². The minimum Gasteiger partial charge on any atom is -0.495 e. The number of benzene rings is 1. The molecule has 1 rings (SSSR count). The largest absolute Gasteiger partial charge is 0.495 e. The Morgan fingerprint density at radius 2 is 2.50 bits per heavy atom. The SMILES string of the molecule is [2H]C([2H])([2H])Oc1cc(N)ccc1Br. The Balaban J connectivity index is 2.94. The number of hydrogen-bond donors (Lipinski definition) is 1. The summed E-state index contributed by atoms with van der Waals surface area (Å²) in [5.74, 6) is 0.222. The van der Waals surface area contributed by atoms with Crippen molar-refractivity contribution in [3.63, 3.8) is 0 Å². The van der Waals surface area contributed by atoms with Crippen LogP contribution in [0.3, 0.4) is 0 Å². The first-order valence-corrected chi connectivity index (χ1v) is 3.42. The molecule has 1 aromatic rings. The van der Waals surface area contributed by atoms with Gasteiger partial charge in [0.05, 0.1) is 15.6 Å². The van der Waals surface area contributed by atoms with Crippen LogP contribution in [0.4, 0.5) is 5.69 Å². The van der Waals surface area contributed by atoms with Gasteiger partial charge in [-0.1, -0.05) is 0 Å². The van der Waals surface area contributed by atoms with E-state index >= 15 is 0 Å². The summed E-state index contributed by atoms with van der Waals surface area (Å²) in [5, 5.41) is 0. The minimum atomic E-state index is -2.45. The lowest BCUT2D eigenvalue weighted by Gasteiger charge is -2.02. The Kier molecular flexibility index (Phi) is 1.24. The molecule has 0 aliphatic rings. The molecule has 2 N–H and O–H groups in total. The number of nitrogens with two attached hydrogens (primary N) is 1. The molecule has 0 amide bonds. The fraction of sp³-hybridized carbons (Fsp3) is 0.143. The van der Waals surface area contributed by atoms with Crippen LogP contribution < -0.4 is 10.5 Å². The molecule has 0 bridgehead atoms. The van der Waals surface area contributed by atoms with E-state index in [1.807, 2.05) is 0 Å². The van der Waals surface area contributed by atoms with E-state index in [1.54, 1.807) is 12.1 Å². The number of halogens is 1. The van der Waals surface area contributed by atoms with Crippen molar-refractivity contribution in [1.29, 1.82) is 0 Å². The Morgan fingerprint density at radius 3 is 3.20 bits per heavy atom. The third-order valence-electron chi connectivity index (χ3n) is 1.07. The van der Waals surface area contributed by atoms with Crippen LogP contribution in [-0.2, 0) is 0 Å². The van der Waals surface area contributed by atoms with Gasteiger partial charge in [-0.25, -0.2) is 0 Å². The zero-order valence-corrected chi connectivity index (χ0v) is 6.68. The molecule has 0 aromatic heterocycles. The summed E-state index contributed by atoms with van der Waals surface area (Å²) in [7, 11) is -2.45. The molecule has 0 unspecified atom stereocenters. The molecule has 2 nitrogen and oxygen atoms in total. The lowest BCUT2D eigenvalue weighted by atomic mass is 10.3. The van der Waals surface area contributed by atoms with Crippen molar-refractivity contribution in [2.45, 2.75) is 0 Å². The summed E-state index contributed by atoms with van der Waals surface area (Å²) >= 11 is 3.15. The predicted molar refractivity (Wildman–Crippen MR) is 45.1 cm³/mol. The predicted octanol–water partition coefficient (Wildman–Crippen LogP) is 2.04. The maximum Gasteiger partial charge on any atom is 0.135 e. The van der Waals surface area contributed by atoms with E-state index in [9.17, 15) is 0 Å². The van der Waals surface area contributed by atoms with Crippen molar-refractivity contribution in [2.24, 2.45) is 0 Å². The van der Waals surface area contributed by atoms with Crippen molar-refractivity contribution in [3.8, 4) is 5.75 Å². The van der Waals surface area contributed by atoms with Gasteiger partial charge in [0.25, 0.3) is 0 Å². The summed E-state index contributed by atoms with van der Waals surface area (Å²) < 4.78 is 25.9. The van der Waals surface area contributed by atoms with Crippen molar-refractivity contribution < 1.29 is 8.85 Å². The number of rotatable bonds is 1. The van der Waals surface area contributed by atoms with Crippen LogP contribution in [0.5, 0.6) is 5.75 Å². The minimum absolute atomic E-state index is 0.222. The molecule has 0 aliphatic heterocycles. The molecule has 0 radical (unpaired) electrons. The highest BCUT2D eigenvalue weighted by molar-refractivity contribution is 9.10. The Hall–Kier alpha value is -0.700. The van der Waals surface area contributed by atoms with Crippen molar-refractivity contribution in [3.05, 3.63) is 22.7 Å². The van der Waals surface area contributed by atoms with Crippen LogP contribution in [0.2, 0.25) is 0 Å². The van der Waals surface area contributed by atoms with E-state index in [2.05, 4.69) is 20.7 Å². The third-order valence-corrected chi connectivity index (χ3v) is 1.72. The molecular weight excluding hydrogens is 194 g/mol. The van der Waals surface area contributed by atoms with Gasteiger partial charge in [-0.2, -0.15) is 0 Å². The second kappa shape index (κ2) is 2.92. The van der Waals surface area contributed by atoms with Gasteiger partial charge in [-0.3, -0.25) is 0 Å². The molecular formula is C7H8BrNO. The van der Waals surface area contributed by atoms with Crippen molar-refractivity contribution in [2.75, 3.05) is 12.8 Å². The number of nitrogen functional groups attached to an aromatic ring is 1. The molecule has 3 heteroatoms. The van der Waals surface area contributed by atoms with E-state index < -0.39 is 7.04 Å². The van der Waals surface area contributed by atoms with Crippen LogP contribution in [0.15, 0.2) is 22.7 Å². The highest BCUT2D eigenvalue weighted by Crippen LogP contribution is 2.26. The quantitative estimate of drug-likeness (QED) is 0.712. The first kappa shape index (κ1) is 4.23. The first-order chi connectivity index (χ1) is 5.88. The van der Waals surface area contributed by atoms with Gasteiger partial charge in [0.1, 0.15) is 5.75 Å². The van der Waals surface area contributed by atoms with Gasteiger partial charge in [-0.15, -0.1) is 0 Å². The van der Waals surface area contributed by atoms with Crippen LogP contribution in [0.25, 0.3) is 0 Å². The number of ether oxygens (including phenoxy) is 1. The highest BCUT2D eigenvalue weighted by Gasteiger charge is 1.97. The zero-order chi connectivity index (χ0) is 10.1. The summed E-state index contributed by atoms with van der Waals surface area (Å²) in [5.41, 5.74) is 5.92. The number of hydrogen-bond acceptors (Lipinski definition) is 2. The van der Waals surface area contributed by atoms with E-state index in [-0.39, 0.29) is 5.75 Å². The Bertz CT molecular complexity index is 313. The topological polar surface area (TPSA) is 35.2 Å². The molecule has 1 aromatic carbocycles. The van der Waals surface area contributed by atoms with Gasteiger partial charge in [0.15, 0.2) is 0 Å². The van der Waals surface area contributed by atoms with Gasteiger partial charge in [-0.05, 0) is 28.1 Å². The average Bonchev–Trinajstić information content (AvgIpc) is 1.94. The van der Waals surface area contributed by atoms with Crippen LogP contribution in [0, 0.1) is 0 Å². The molecule has 0 saturated carbocycles. The van der Waals surface area contributed by atoms with Gasteiger partial charge >= 0.3 is 0 Å². The average molecular weight is 205 g/mol. The lowest BCUT2D eigenvalue weighted by Crippen LogP contribution is -1.88. The first-order valence-electron chi connectivity index (χ1n) is 4.12.